The average molecular weight is 232 g/mol. The van der Waals surface area contributed by atoms with Gasteiger partial charge in [-0.2, -0.15) is 0 Å². The monoisotopic (exact) mass is 232 g/mol. The van der Waals surface area contributed by atoms with Crippen molar-refractivity contribution in [1.82, 2.24) is 9.55 Å². The van der Waals surface area contributed by atoms with Crippen LogP contribution in [0.4, 0.5) is 0 Å². The molecular weight excluding hydrogens is 216 g/mol. The predicted molar refractivity (Wildman–Crippen MR) is 65.6 cm³/mol. The predicted octanol–water partition coefficient (Wildman–Crippen LogP) is 2.38. The third-order valence-corrected chi connectivity index (χ3v) is 2.61. The van der Waals surface area contributed by atoms with Crippen molar-refractivity contribution >= 4 is 17.0 Å². The lowest BCUT2D eigenvalue weighted by Gasteiger charge is -2.04. The van der Waals surface area contributed by atoms with Gasteiger partial charge in [0.05, 0.1) is 6.61 Å². The van der Waals surface area contributed by atoms with Gasteiger partial charge in [-0.25, -0.2) is 4.98 Å². The van der Waals surface area contributed by atoms with Crippen molar-refractivity contribution in [2.24, 2.45) is 0 Å². The standard InChI is InChI=1S/C13H16N2O2/c1-2-17-12(16)6-4-9-15-10-7-11-5-3-8-14-13(11)15/h3,5,7-8,10H,2,4,6,9H2,1H3. The minimum absolute atomic E-state index is 0.128. The molecule has 0 aliphatic carbocycles. The topological polar surface area (TPSA) is 44.1 Å². The Kier molecular flexibility index (Phi) is 3.75. The fourth-order valence-corrected chi connectivity index (χ4v) is 1.83. The summed E-state index contributed by atoms with van der Waals surface area (Å²) in [5.41, 5.74) is 0.969. The first-order chi connectivity index (χ1) is 8.31. The molecule has 0 saturated heterocycles. The smallest absolute Gasteiger partial charge is 0.305 e. The lowest BCUT2D eigenvalue weighted by atomic mass is 10.3. The summed E-state index contributed by atoms with van der Waals surface area (Å²) in [7, 11) is 0. The maximum Gasteiger partial charge on any atom is 0.305 e. The summed E-state index contributed by atoms with van der Waals surface area (Å²) in [6.45, 7) is 3.06. The molecule has 2 rings (SSSR count). The molecule has 2 aromatic rings. The zero-order valence-corrected chi connectivity index (χ0v) is 9.93. The van der Waals surface area contributed by atoms with Crippen molar-refractivity contribution < 1.29 is 9.53 Å². The summed E-state index contributed by atoms with van der Waals surface area (Å²) in [5, 5.41) is 1.13. The van der Waals surface area contributed by atoms with Crippen LogP contribution in [-0.2, 0) is 16.1 Å². The molecule has 0 bridgehead atoms. The van der Waals surface area contributed by atoms with Crippen LogP contribution < -0.4 is 0 Å². The van der Waals surface area contributed by atoms with Crippen LogP contribution in [0.2, 0.25) is 0 Å². The molecule has 0 fully saturated rings. The SMILES string of the molecule is CCOC(=O)CCCn1ccc2cccnc21. The maximum atomic E-state index is 11.2. The molecule has 17 heavy (non-hydrogen) atoms. The minimum Gasteiger partial charge on any atom is -0.466 e. The number of aromatic nitrogens is 2. The van der Waals surface area contributed by atoms with E-state index in [0.717, 1.165) is 24.0 Å². The van der Waals surface area contributed by atoms with E-state index < -0.39 is 0 Å². The highest BCUT2D eigenvalue weighted by Crippen LogP contribution is 2.13. The Morgan fingerprint density at radius 3 is 3.18 bits per heavy atom. The number of hydrogen-bond donors (Lipinski definition) is 0. The summed E-state index contributed by atoms with van der Waals surface area (Å²) in [5.74, 6) is -0.128. The number of rotatable bonds is 5. The molecule has 0 atom stereocenters. The Hall–Kier alpha value is -1.84. The van der Waals surface area contributed by atoms with Crippen LogP contribution >= 0.6 is 0 Å². The summed E-state index contributed by atoms with van der Waals surface area (Å²) in [4.78, 5) is 15.5. The molecule has 0 aliphatic rings. The van der Waals surface area contributed by atoms with Crippen molar-refractivity contribution in [3.05, 3.63) is 30.6 Å². The molecule has 0 amide bonds. The van der Waals surface area contributed by atoms with Gasteiger partial charge in [0, 0.05) is 30.7 Å². The fraction of sp³-hybridized carbons (Fsp3) is 0.385. The first-order valence-corrected chi connectivity index (χ1v) is 5.86. The number of ether oxygens (including phenoxy) is 1. The maximum absolute atomic E-state index is 11.2. The summed E-state index contributed by atoms with van der Waals surface area (Å²) in [6.07, 6.45) is 5.02. The Bertz CT molecular complexity index is 505. The van der Waals surface area contributed by atoms with Gasteiger partial charge in [0.15, 0.2) is 0 Å². The third kappa shape index (κ3) is 2.84. The molecule has 0 aliphatic heterocycles. The fourth-order valence-electron chi connectivity index (χ4n) is 1.83. The molecule has 4 heteroatoms. The lowest BCUT2D eigenvalue weighted by Crippen LogP contribution is -2.06. The van der Waals surface area contributed by atoms with Crippen LogP contribution in [0, 0.1) is 0 Å². The van der Waals surface area contributed by atoms with Crippen molar-refractivity contribution in [1.29, 1.82) is 0 Å². The van der Waals surface area contributed by atoms with Gasteiger partial charge in [0.1, 0.15) is 5.65 Å². The molecule has 0 spiro atoms. The van der Waals surface area contributed by atoms with E-state index in [4.69, 9.17) is 4.74 Å². The Morgan fingerprint density at radius 1 is 1.47 bits per heavy atom. The van der Waals surface area contributed by atoms with E-state index in [1.807, 2.05) is 31.3 Å². The van der Waals surface area contributed by atoms with E-state index in [-0.39, 0.29) is 5.97 Å². The van der Waals surface area contributed by atoms with Crippen LogP contribution in [-0.4, -0.2) is 22.1 Å². The molecule has 0 aromatic carbocycles. The van der Waals surface area contributed by atoms with Crippen molar-refractivity contribution in [2.75, 3.05) is 6.61 Å². The molecular formula is C13H16N2O2. The summed E-state index contributed by atoms with van der Waals surface area (Å²) in [6, 6.07) is 5.99. The van der Waals surface area contributed by atoms with Crippen LogP contribution in [0.5, 0.6) is 0 Å². The zero-order chi connectivity index (χ0) is 12.1. The number of carbonyl (C=O) groups excluding carboxylic acids is 1. The third-order valence-electron chi connectivity index (χ3n) is 2.61. The van der Waals surface area contributed by atoms with Crippen molar-refractivity contribution in [3.8, 4) is 0 Å². The van der Waals surface area contributed by atoms with Gasteiger partial charge < -0.3 is 9.30 Å². The van der Waals surface area contributed by atoms with Gasteiger partial charge in [0.25, 0.3) is 0 Å². The zero-order valence-electron chi connectivity index (χ0n) is 9.93. The van der Waals surface area contributed by atoms with Crippen molar-refractivity contribution in [2.45, 2.75) is 26.3 Å². The van der Waals surface area contributed by atoms with Gasteiger partial charge in [-0.05, 0) is 31.5 Å². The van der Waals surface area contributed by atoms with E-state index >= 15 is 0 Å². The second-order valence-corrected chi connectivity index (χ2v) is 3.83. The number of pyridine rings is 1. The summed E-state index contributed by atoms with van der Waals surface area (Å²) >= 11 is 0. The van der Waals surface area contributed by atoms with E-state index in [2.05, 4.69) is 9.55 Å². The molecule has 0 N–H and O–H groups in total. The highest BCUT2D eigenvalue weighted by molar-refractivity contribution is 5.75. The summed E-state index contributed by atoms with van der Waals surface area (Å²) < 4.78 is 6.95. The molecule has 0 radical (unpaired) electrons. The number of nitrogens with zero attached hydrogens (tertiary/aromatic N) is 2. The molecule has 0 unspecified atom stereocenters. The number of hydrogen-bond acceptors (Lipinski definition) is 3. The van der Waals surface area contributed by atoms with Crippen LogP contribution in [0.15, 0.2) is 30.6 Å². The van der Waals surface area contributed by atoms with Gasteiger partial charge in [-0.15, -0.1) is 0 Å². The highest BCUT2D eigenvalue weighted by Gasteiger charge is 2.04. The quantitative estimate of drug-likeness (QED) is 0.743. The largest absolute Gasteiger partial charge is 0.466 e. The molecule has 0 saturated carbocycles. The Balaban J connectivity index is 1.93. The number of carbonyl (C=O) groups is 1. The molecule has 4 nitrogen and oxygen atoms in total. The lowest BCUT2D eigenvalue weighted by molar-refractivity contribution is -0.143. The van der Waals surface area contributed by atoms with Crippen LogP contribution in [0.1, 0.15) is 19.8 Å². The van der Waals surface area contributed by atoms with E-state index in [0.29, 0.717) is 13.0 Å². The van der Waals surface area contributed by atoms with Gasteiger partial charge >= 0.3 is 5.97 Å². The average Bonchev–Trinajstić information content (AvgIpc) is 2.73. The number of aryl methyl sites for hydroxylation is 1. The number of fused-ring (bicyclic) bond motifs is 1. The normalized spacial score (nSPS) is 10.6. The molecule has 90 valence electrons. The van der Waals surface area contributed by atoms with E-state index in [1.54, 1.807) is 6.20 Å². The minimum atomic E-state index is -0.128. The first kappa shape index (κ1) is 11.6. The first-order valence-electron chi connectivity index (χ1n) is 5.86. The van der Waals surface area contributed by atoms with Crippen molar-refractivity contribution in [3.63, 3.8) is 0 Å². The highest BCUT2D eigenvalue weighted by atomic mass is 16.5. The van der Waals surface area contributed by atoms with Gasteiger partial charge in [-0.1, -0.05) is 0 Å². The van der Waals surface area contributed by atoms with E-state index in [9.17, 15) is 4.79 Å². The van der Waals surface area contributed by atoms with Crippen LogP contribution in [0.3, 0.4) is 0 Å². The second-order valence-electron chi connectivity index (χ2n) is 3.83. The van der Waals surface area contributed by atoms with Gasteiger partial charge in [-0.3, -0.25) is 4.79 Å². The molecule has 2 aromatic heterocycles. The van der Waals surface area contributed by atoms with Gasteiger partial charge in [0.2, 0.25) is 0 Å². The van der Waals surface area contributed by atoms with Crippen LogP contribution in [0.25, 0.3) is 11.0 Å². The number of esters is 1. The second kappa shape index (κ2) is 5.48. The molecule has 2 heterocycles. The Morgan fingerprint density at radius 2 is 2.35 bits per heavy atom. The Labute approximate surface area is 100 Å². The van der Waals surface area contributed by atoms with E-state index in [1.165, 1.54) is 0 Å².